The summed E-state index contributed by atoms with van der Waals surface area (Å²) >= 11 is 0. The van der Waals surface area contributed by atoms with Crippen molar-refractivity contribution in [3.63, 3.8) is 0 Å². The molecule has 2 heterocycles. The van der Waals surface area contributed by atoms with E-state index in [1.807, 2.05) is 6.07 Å². The van der Waals surface area contributed by atoms with Gasteiger partial charge in [0.25, 0.3) is 5.69 Å². The van der Waals surface area contributed by atoms with Gasteiger partial charge >= 0.3 is 0 Å². The van der Waals surface area contributed by atoms with Gasteiger partial charge in [-0.3, -0.25) is 10.1 Å². The molecule has 23 heavy (non-hydrogen) atoms. The number of hydrogen-bond acceptors (Lipinski definition) is 5. The van der Waals surface area contributed by atoms with Crippen LogP contribution in [0.4, 0.5) is 11.5 Å². The van der Waals surface area contributed by atoms with Crippen molar-refractivity contribution in [2.45, 2.75) is 26.3 Å². The molecule has 1 aromatic heterocycles. The van der Waals surface area contributed by atoms with Crippen LogP contribution < -0.4 is 9.64 Å². The van der Waals surface area contributed by atoms with Crippen molar-refractivity contribution >= 4 is 11.5 Å². The van der Waals surface area contributed by atoms with E-state index in [4.69, 9.17) is 4.74 Å². The van der Waals surface area contributed by atoms with E-state index in [0.717, 1.165) is 44.1 Å². The fraction of sp³-hybridized carbons (Fsp3) is 0.353. The van der Waals surface area contributed by atoms with Crippen molar-refractivity contribution in [3.8, 4) is 5.75 Å². The van der Waals surface area contributed by atoms with Gasteiger partial charge < -0.3 is 9.64 Å². The highest BCUT2D eigenvalue weighted by atomic mass is 16.6. The minimum atomic E-state index is -0.430. The summed E-state index contributed by atoms with van der Waals surface area (Å²) in [5.74, 6) is 1.69. The number of nitro groups is 1. The van der Waals surface area contributed by atoms with Gasteiger partial charge in [0.15, 0.2) is 0 Å². The molecule has 0 aliphatic carbocycles. The maximum atomic E-state index is 10.7. The molecule has 0 unspecified atom stereocenters. The molecule has 1 aliphatic rings. The normalized spacial score (nSPS) is 13.5. The molecule has 6 heteroatoms. The molecule has 0 saturated heterocycles. The lowest BCUT2D eigenvalue weighted by Crippen LogP contribution is -2.30. The van der Waals surface area contributed by atoms with Gasteiger partial charge in [0, 0.05) is 19.2 Å². The molecule has 0 bridgehead atoms. The van der Waals surface area contributed by atoms with Crippen LogP contribution in [0.2, 0.25) is 0 Å². The second kappa shape index (κ2) is 6.64. The Morgan fingerprint density at radius 2 is 2.17 bits per heavy atom. The number of rotatable bonds is 5. The number of aromatic nitrogens is 1. The van der Waals surface area contributed by atoms with E-state index in [1.165, 1.54) is 23.4 Å². The van der Waals surface area contributed by atoms with Gasteiger partial charge in [0.1, 0.15) is 17.8 Å². The van der Waals surface area contributed by atoms with Crippen molar-refractivity contribution in [1.82, 2.24) is 4.98 Å². The van der Waals surface area contributed by atoms with E-state index in [9.17, 15) is 10.1 Å². The van der Waals surface area contributed by atoms with Crippen molar-refractivity contribution in [2.24, 2.45) is 0 Å². The zero-order chi connectivity index (χ0) is 16.2. The first-order valence-electron chi connectivity index (χ1n) is 7.77. The molecular formula is C17H19N3O3. The second-order valence-corrected chi connectivity index (χ2v) is 5.58. The van der Waals surface area contributed by atoms with Gasteiger partial charge in [0.2, 0.25) is 0 Å². The van der Waals surface area contributed by atoms with Gasteiger partial charge in [0.05, 0.1) is 11.5 Å². The summed E-state index contributed by atoms with van der Waals surface area (Å²) in [7, 11) is 0. The molecule has 0 N–H and O–H groups in total. The van der Waals surface area contributed by atoms with Crippen molar-refractivity contribution < 1.29 is 9.66 Å². The molecule has 0 fully saturated rings. The van der Waals surface area contributed by atoms with E-state index in [2.05, 4.69) is 28.9 Å². The maximum absolute atomic E-state index is 10.7. The summed E-state index contributed by atoms with van der Waals surface area (Å²) in [5, 5.41) is 10.7. The Balaban J connectivity index is 1.73. The first-order chi connectivity index (χ1) is 11.2. The predicted molar refractivity (Wildman–Crippen MR) is 87.9 cm³/mol. The quantitative estimate of drug-likeness (QED) is 0.625. The fourth-order valence-corrected chi connectivity index (χ4v) is 2.71. The van der Waals surface area contributed by atoms with Gasteiger partial charge in [-0.05, 0) is 42.2 Å². The highest BCUT2D eigenvalue weighted by Crippen LogP contribution is 2.27. The number of ether oxygens (including phenoxy) is 1. The molecule has 0 spiro atoms. The third kappa shape index (κ3) is 3.41. The lowest BCUT2D eigenvalue weighted by atomic mass is 9.99. The second-order valence-electron chi connectivity index (χ2n) is 5.58. The lowest BCUT2D eigenvalue weighted by Gasteiger charge is -2.30. The summed E-state index contributed by atoms with van der Waals surface area (Å²) in [6, 6.07) is 9.42. The van der Waals surface area contributed by atoms with Crippen LogP contribution in [0.1, 0.15) is 24.5 Å². The van der Waals surface area contributed by atoms with Crippen LogP contribution in [-0.4, -0.2) is 23.1 Å². The molecule has 6 nitrogen and oxygen atoms in total. The Labute approximate surface area is 134 Å². The molecular weight excluding hydrogens is 294 g/mol. The zero-order valence-corrected chi connectivity index (χ0v) is 13.1. The topological polar surface area (TPSA) is 68.5 Å². The Hall–Kier alpha value is -2.63. The van der Waals surface area contributed by atoms with Crippen molar-refractivity contribution in [3.05, 3.63) is 57.8 Å². The van der Waals surface area contributed by atoms with E-state index in [1.54, 1.807) is 6.07 Å². The summed E-state index contributed by atoms with van der Waals surface area (Å²) in [6.07, 6.45) is 3.22. The molecule has 120 valence electrons. The molecule has 1 aliphatic heterocycles. The summed E-state index contributed by atoms with van der Waals surface area (Å²) < 4.78 is 5.68. The number of fused-ring (bicyclic) bond motifs is 1. The van der Waals surface area contributed by atoms with Gasteiger partial charge in [-0.2, -0.15) is 0 Å². The highest BCUT2D eigenvalue weighted by molar-refractivity contribution is 5.47. The molecule has 2 aromatic rings. The Morgan fingerprint density at radius 3 is 2.87 bits per heavy atom. The fourth-order valence-electron chi connectivity index (χ4n) is 2.71. The van der Waals surface area contributed by atoms with Crippen LogP contribution in [0.3, 0.4) is 0 Å². The molecule has 0 atom stereocenters. The largest absolute Gasteiger partial charge is 0.494 e. The summed E-state index contributed by atoms with van der Waals surface area (Å²) in [6.45, 7) is 4.42. The number of pyridine rings is 1. The monoisotopic (exact) mass is 313 g/mol. The average Bonchev–Trinajstić information content (AvgIpc) is 2.59. The third-order valence-corrected chi connectivity index (χ3v) is 3.93. The minimum Gasteiger partial charge on any atom is -0.494 e. The molecule has 0 amide bonds. The smallest absolute Gasteiger partial charge is 0.287 e. The van der Waals surface area contributed by atoms with Gasteiger partial charge in [-0.1, -0.05) is 13.0 Å². The van der Waals surface area contributed by atoms with Gasteiger partial charge in [-0.15, -0.1) is 0 Å². The Kier molecular flexibility index (Phi) is 4.41. The van der Waals surface area contributed by atoms with Gasteiger partial charge in [-0.25, -0.2) is 4.98 Å². The molecule has 0 radical (unpaired) electrons. The number of anilines is 1. The Bertz CT molecular complexity index is 701. The van der Waals surface area contributed by atoms with E-state index in [-0.39, 0.29) is 5.69 Å². The van der Waals surface area contributed by atoms with Crippen LogP contribution in [0.25, 0.3) is 0 Å². The molecule has 1 aromatic carbocycles. The third-order valence-electron chi connectivity index (χ3n) is 3.93. The molecule has 0 saturated carbocycles. The summed E-state index contributed by atoms with van der Waals surface area (Å²) in [5.41, 5.74) is 2.57. The first kappa shape index (κ1) is 15.3. The Morgan fingerprint density at radius 1 is 1.30 bits per heavy atom. The number of nitrogens with zero attached hydrogens (tertiary/aromatic N) is 3. The minimum absolute atomic E-state index is 0.0175. The van der Waals surface area contributed by atoms with Crippen LogP contribution in [0, 0.1) is 10.1 Å². The number of benzene rings is 1. The van der Waals surface area contributed by atoms with Crippen LogP contribution >= 0.6 is 0 Å². The SMILES string of the molecule is CCCOc1ccc2c(c1)CCN(c1ccc([N+](=O)[O-])cn1)C2. The van der Waals surface area contributed by atoms with E-state index >= 15 is 0 Å². The predicted octanol–water partition coefficient (Wildman–Crippen LogP) is 3.34. The van der Waals surface area contributed by atoms with Crippen molar-refractivity contribution in [2.75, 3.05) is 18.1 Å². The number of hydrogen-bond donors (Lipinski definition) is 0. The zero-order valence-electron chi connectivity index (χ0n) is 13.1. The van der Waals surface area contributed by atoms with Crippen molar-refractivity contribution in [1.29, 1.82) is 0 Å². The van der Waals surface area contributed by atoms with Crippen LogP contribution in [0.15, 0.2) is 36.5 Å². The summed E-state index contributed by atoms with van der Waals surface area (Å²) in [4.78, 5) is 16.6. The van der Waals surface area contributed by atoms with E-state index < -0.39 is 4.92 Å². The lowest BCUT2D eigenvalue weighted by molar-refractivity contribution is -0.385. The first-order valence-corrected chi connectivity index (χ1v) is 7.77. The van der Waals surface area contributed by atoms with Crippen LogP contribution in [0.5, 0.6) is 5.75 Å². The average molecular weight is 313 g/mol. The van der Waals surface area contributed by atoms with E-state index in [0.29, 0.717) is 0 Å². The maximum Gasteiger partial charge on any atom is 0.287 e. The molecule has 3 rings (SSSR count). The highest BCUT2D eigenvalue weighted by Gasteiger charge is 2.18. The van der Waals surface area contributed by atoms with Crippen LogP contribution in [-0.2, 0) is 13.0 Å². The standard InChI is InChI=1S/C17H19N3O3/c1-2-9-23-16-5-3-14-12-19(8-7-13(14)10-16)17-6-4-15(11-18-17)20(21)22/h3-6,10-11H,2,7-9,12H2,1H3.